The van der Waals surface area contributed by atoms with Crippen molar-refractivity contribution >= 4 is 11.6 Å². The Morgan fingerprint density at radius 2 is 1.93 bits per heavy atom. The Morgan fingerprint density at radius 3 is 2.59 bits per heavy atom. The molecule has 0 aromatic heterocycles. The van der Waals surface area contributed by atoms with E-state index in [0.29, 0.717) is 23.2 Å². The number of carbonyl (C=O) groups is 1. The molecule has 1 amide bonds. The smallest absolute Gasteiger partial charge is 0.238 e. The van der Waals surface area contributed by atoms with E-state index in [0.717, 1.165) is 6.42 Å². The van der Waals surface area contributed by atoms with E-state index in [1.807, 2.05) is 18.2 Å². The highest BCUT2D eigenvalue weighted by Gasteiger charge is 2.71. The van der Waals surface area contributed by atoms with E-state index >= 15 is 0 Å². The van der Waals surface area contributed by atoms with E-state index in [1.165, 1.54) is 0 Å². The molecule has 2 aliphatic carbocycles. The summed E-state index contributed by atoms with van der Waals surface area (Å²) < 4.78 is 0. The molecule has 6 heteroatoms. The predicted molar refractivity (Wildman–Crippen MR) is 97.2 cm³/mol. The normalized spacial score (nSPS) is 30.3. The number of benzene rings is 1. The zero-order valence-electron chi connectivity index (χ0n) is 14.8. The third-order valence-electron chi connectivity index (χ3n) is 6.24. The van der Waals surface area contributed by atoms with Crippen molar-refractivity contribution in [2.75, 3.05) is 5.32 Å². The van der Waals surface area contributed by atoms with Gasteiger partial charge in [-0.1, -0.05) is 31.2 Å². The highest BCUT2D eigenvalue weighted by Crippen LogP contribution is 2.63. The number of anilines is 1. The number of nitriles is 3. The number of rotatable bonds is 0. The summed E-state index contributed by atoms with van der Waals surface area (Å²) >= 11 is 0. The lowest BCUT2D eigenvalue weighted by molar-refractivity contribution is -0.125. The minimum Gasteiger partial charge on any atom is -0.399 e. The molecular formula is C21H17N5O. The lowest BCUT2D eigenvalue weighted by Crippen LogP contribution is -2.60. The number of allylic oxidation sites excluding steroid dienone is 4. The number of nitrogens with two attached hydrogens (primary N) is 1. The molecule has 0 saturated carbocycles. The molecule has 132 valence electrons. The van der Waals surface area contributed by atoms with Crippen LogP contribution in [-0.2, 0) is 10.2 Å². The van der Waals surface area contributed by atoms with Crippen LogP contribution in [0.1, 0.15) is 25.3 Å². The minimum absolute atomic E-state index is 0.126. The van der Waals surface area contributed by atoms with E-state index < -0.39 is 22.7 Å². The molecule has 1 aromatic rings. The Kier molecular flexibility index (Phi) is 3.42. The number of nitrogens with zero attached hydrogens (tertiary/aromatic N) is 3. The average molecular weight is 355 g/mol. The summed E-state index contributed by atoms with van der Waals surface area (Å²) in [7, 11) is 0. The first-order valence-corrected chi connectivity index (χ1v) is 8.82. The van der Waals surface area contributed by atoms with Crippen molar-refractivity contribution in [3.63, 3.8) is 0 Å². The van der Waals surface area contributed by atoms with Crippen LogP contribution in [0.15, 0.2) is 47.2 Å². The third kappa shape index (κ3) is 1.74. The van der Waals surface area contributed by atoms with Crippen molar-refractivity contribution in [3.8, 4) is 18.2 Å². The molecule has 6 nitrogen and oxygen atoms in total. The van der Waals surface area contributed by atoms with Gasteiger partial charge in [0.25, 0.3) is 0 Å². The first-order chi connectivity index (χ1) is 13.0. The summed E-state index contributed by atoms with van der Waals surface area (Å²) in [5.74, 6) is -0.617. The number of hydrogen-bond donors (Lipinski definition) is 2. The van der Waals surface area contributed by atoms with Crippen LogP contribution in [0.3, 0.4) is 0 Å². The summed E-state index contributed by atoms with van der Waals surface area (Å²) in [5.41, 5.74) is 4.78. The highest BCUT2D eigenvalue weighted by molar-refractivity contribution is 6.09. The minimum atomic E-state index is -1.95. The molecule has 1 aliphatic heterocycles. The second kappa shape index (κ2) is 5.47. The first-order valence-electron chi connectivity index (χ1n) is 8.82. The van der Waals surface area contributed by atoms with E-state index in [-0.39, 0.29) is 17.2 Å². The largest absolute Gasteiger partial charge is 0.399 e. The molecule has 0 radical (unpaired) electrons. The Balaban J connectivity index is 2.20. The molecule has 4 rings (SSSR count). The fourth-order valence-corrected chi connectivity index (χ4v) is 5.04. The monoisotopic (exact) mass is 355 g/mol. The second-order valence-electron chi connectivity index (χ2n) is 7.47. The van der Waals surface area contributed by atoms with Crippen LogP contribution in [0.5, 0.6) is 0 Å². The van der Waals surface area contributed by atoms with Gasteiger partial charge in [-0.3, -0.25) is 4.79 Å². The van der Waals surface area contributed by atoms with Gasteiger partial charge >= 0.3 is 0 Å². The number of carbonyl (C=O) groups excluding carboxylic acids is 1. The van der Waals surface area contributed by atoms with Crippen molar-refractivity contribution in [1.29, 1.82) is 15.8 Å². The van der Waals surface area contributed by atoms with Crippen LogP contribution in [0, 0.1) is 51.2 Å². The fraction of sp³-hybridized carbons (Fsp3) is 0.333. The van der Waals surface area contributed by atoms with Gasteiger partial charge in [0.05, 0.1) is 23.4 Å². The van der Waals surface area contributed by atoms with Gasteiger partial charge in [0.1, 0.15) is 11.5 Å². The van der Waals surface area contributed by atoms with Gasteiger partial charge in [-0.05, 0) is 36.0 Å². The van der Waals surface area contributed by atoms with Crippen LogP contribution in [0.4, 0.5) is 5.69 Å². The van der Waals surface area contributed by atoms with Crippen LogP contribution in [0.2, 0.25) is 0 Å². The standard InChI is InChI=1S/C21H17N5O/c1-12-6-7-13-14(9-22)18(25)20(10-23,11-24)21(16(13)8-12)15-4-2-3-5-17(15)26-19(21)27/h2-5,7,12,16H,6,8,25H2,1H3,(H,26,27)/t12-,16-,21+/m1/s1. The summed E-state index contributed by atoms with van der Waals surface area (Å²) in [4.78, 5) is 13.4. The van der Waals surface area contributed by atoms with Crippen molar-refractivity contribution in [3.05, 3.63) is 52.7 Å². The van der Waals surface area contributed by atoms with Gasteiger partial charge in [-0.2, -0.15) is 15.8 Å². The molecule has 27 heavy (non-hydrogen) atoms. The Labute approximate surface area is 157 Å². The zero-order valence-corrected chi connectivity index (χ0v) is 14.8. The second-order valence-corrected chi connectivity index (χ2v) is 7.47. The SMILES string of the molecule is C[C@@H]1CC=C2C(C#N)=C(N)C(C#N)(C#N)[C@]3(C(=O)Nc4ccccc43)[C@@H]2C1. The molecule has 1 spiro atoms. The molecule has 3 aliphatic rings. The summed E-state index contributed by atoms with van der Waals surface area (Å²) in [6.07, 6.45) is 3.30. The lowest BCUT2D eigenvalue weighted by atomic mass is 9.47. The summed E-state index contributed by atoms with van der Waals surface area (Å²) in [6.45, 7) is 2.06. The van der Waals surface area contributed by atoms with Gasteiger partial charge in [-0.15, -0.1) is 0 Å². The van der Waals surface area contributed by atoms with Crippen LogP contribution in [-0.4, -0.2) is 5.91 Å². The number of amides is 1. The van der Waals surface area contributed by atoms with Gasteiger partial charge in [0.15, 0.2) is 0 Å². The molecule has 1 aromatic carbocycles. The molecule has 0 saturated heterocycles. The Bertz CT molecular complexity index is 1050. The van der Waals surface area contributed by atoms with E-state index in [9.17, 15) is 20.6 Å². The quantitative estimate of drug-likeness (QED) is 0.739. The fourth-order valence-electron chi connectivity index (χ4n) is 5.04. The Hall–Kier alpha value is -3.56. The zero-order chi connectivity index (χ0) is 19.4. The number of nitrogens with one attached hydrogen (secondary N) is 1. The first kappa shape index (κ1) is 16.9. The van der Waals surface area contributed by atoms with Crippen LogP contribution in [0.25, 0.3) is 0 Å². The van der Waals surface area contributed by atoms with Crippen molar-refractivity contribution in [2.45, 2.75) is 25.2 Å². The maximum Gasteiger partial charge on any atom is 0.238 e. The maximum atomic E-state index is 13.4. The summed E-state index contributed by atoms with van der Waals surface area (Å²) in [6, 6.07) is 13.3. The topological polar surface area (TPSA) is 126 Å². The maximum absolute atomic E-state index is 13.4. The third-order valence-corrected chi connectivity index (χ3v) is 6.24. The van der Waals surface area contributed by atoms with Crippen LogP contribution < -0.4 is 11.1 Å². The van der Waals surface area contributed by atoms with Crippen molar-refractivity contribution < 1.29 is 4.79 Å². The Morgan fingerprint density at radius 1 is 1.22 bits per heavy atom. The van der Waals surface area contributed by atoms with Crippen molar-refractivity contribution in [2.24, 2.45) is 23.0 Å². The molecule has 0 unspecified atom stereocenters. The van der Waals surface area contributed by atoms with E-state index in [1.54, 1.807) is 24.3 Å². The molecule has 1 heterocycles. The van der Waals surface area contributed by atoms with E-state index in [2.05, 4.69) is 18.3 Å². The lowest BCUT2D eigenvalue weighted by Gasteiger charge is -2.50. The molecule has 0 bridgehead atoms. The van der Waals surface area contributed by atoms with Gasteiger partial charge in [0, 0.05) is 11.6 Å². The number of hydrogen-bond acceptors (Lipinski definition) is 5. The molecule has 0 fully saturated rings. The summed E-state index contributed by atoms with van der Waals surface area (Å²) in [5, 5.41) is 32.9. The van der Waals surface area contributed by atoms with Gasteiger partial charge in [-0.25, -0.2) is 0 Å². The molecule has 3 N–H and O–H groups in total. The molecule has 3 atom stereocenters. The predicted octanol–water partition coefficient (Wildman–Crippen LogP) is 2.63. The van der Waals surface area contributed by atoms with E-state index in [4.69, 9.17) is 5.73 Å². The van der Waals surface area contributed by atoms with Gasteiger partial charge in [0.2, 0.25) is 11.3 Å². The van der Waals surface area contributed by atoms with Crippen molar-refractivity contribution in [1.82, 2.24) is 0 Å². The number of fused-ring (bicyclic) bond motifs is 4. The van der Waals surface area contributed by atoms with Crippen LogP contribution >= 0.6 is 0 Å². The average Bonchev–Trinajstić information content (AvgIpc) is 2.97. The molecular weight excluding hydrogens is 338 g/mol. The van der Waals surface area contributed by atoms with Gasteiger partial charge < -0.3 is 11.1 Å². The number of para-hydroxylation sites is 1. The highest BCUT2D eigenvalue weighted by atomic mass is 16.2.